The zero-order chi connectivity index (χ0) is 25.3. The van der Waals surface area contributed by atoms with Crippen LogP contribution in [0.25, 0.3) is 0 Å². The number of halogens is 1. The minimum absolute atomic E-state index is 0.145. The Morgan fingerprint density at radius 2 is 1.41 bits per heavy atom. The Morgan fingerprint density at radius 3 is 2.00 bits per heavy atom. The van der Waals surface area contributed by atoms with E-state index in [1.54, 1.807) is 0 Å². The molecule has 8 rings (SSSR count). The minimum Gasteiger partial charge on any atom is -0.273 e. The van der Waals surface area contributed by atoms with Crippen LogP contribution in [0.5, 0.6) is 0 Å². The molecule has 1 fully saturated rings. The Balaban J connectivity index is 1.26. The summed E-state index contributed by atoms with van der Waals surface area (Å²) in [4.78, 5) is 32.3. The molecular weight excluding hydrogens is 550 g/mol. The van der Waals surface area contributed by atoms with Crippen molar-refractivity contribution in [3.63, 3.8) is 0 Å². The number of benzene rings is 3. The normalized spacial score (nSPS) is 23.6. The Kier molecular flexibility index (Phi) is 5.12. The van der Waals surface area contributed by atoms with Crippen LogP contribution in [0, 0.1) is 18.8 Å². The summed E-state index contributed by atoms with van der Waals surface area (Å²) in [6.07, 6.45) is 0. The second kappa shape index (κ2) is 8.43. The molecular formula is C28H20BrN5O2S. The maximum Gasteiger partial charge on any atom is 0.252 e. The number of amides is 2. The van der Waals surface area contributed by atoms with Crippen molar-refractivity contribution in [2.24, 2.45) is 22.1 Å². The van der Waals surface area contributed by atoms with Crippen molar-refractivity contribution < 1.29 is 9.59 Å². The second-order valence-electron chi connectivity index (χ2n) is 9.48. The smallest absolute Gasteiger partial charge is 0.252 e. The number of thiazole rings is 1. The first-order valence-corrected chi connectivity index (χ1v) is 13.6. The van der Waals surface area contributed by atoms with Gasteiger partial charge in [0.2, 0.25) is 11.0 Å². The number of aryl methyl sites for hydroxylation is 1. The number of hydrazine groups is 1. The van der Waals surface area contributed by atoms with Crippen LogP contribution in [0.3, 0.4) is 0 Å². The summed E-state index contributed by atoms with van der Waals surface area (Å²) in [5.41, 5.74) is 8.77. The van der Waals surface area contributed by atoms with Gasteiger partial charge in [0, 0.05) is 16.3 Å². The van der Waals surface area contributed by atoms with E-state index in [4.69, 9.17) is 0 Å². The molecule has 0 spiro atoms. The molecule has 182 valence electrons. The number of nitrogens with one attached hydrogen (secondary N) is 1. The molecule has 1 aliphatic heterocycles. The number of carbonyl (C=O) groups is 2. The fraction of sp³-hybridized carbons (Fsp3) is 0.179. The Hall–Kier alpha value is -3.69. The van der Waals surface area contributed by atoms with Crippen LogP contribution in [0.15, 0.2) is 87.5 Å². The van der Waals surface area contributed by atoms with Crippen LogP contribution in [0.1, 0.15) is 39.8 Å². The van der Waals surface area contributed by atoms with Gasteiger partial charge in [0.25, 0.3) is 5.91 Å². The number of nitrogens with zero attached hydrogens (tertiary/aromatic N) is 4. The van der Waals surface area contributed by atoms with Crippen molar-refractivity contribution in [3.05, 3.63) is 105 Å². The second-order valence-corrected chi connectivity index (χ2v) is 11.3. The standard InChI is InChI=1S/C28H20BrN5O2S/c1-14-26(32-31-16-12-10-15(29)11-13-16)37-28(30-14)34-27(36)24-22-19-8-4-2-6-17(19)21(23(24)25(35)33-34)18-7-3-5-9-20(18)22/h2-13,21-24H,1H3,(H,33,35). The molecule has 0 radical (unpaired) electrons. The number of hydrogen-bond donors (Lipinski definition) is 1. The van der Waals surface area contributed by atoms with Crippen molar-refractivity contribution in [1.82, 2.24) is 10.4 Å². The van der Waals surface area contributed by atoms with Gasteiger partial charge in [-0.05, 0) is 53.4 Å². The van der Waals surface area contributed by atoms with Gasteiger partial charge >= 0.3 is 0 Å². The van der Waals surface area contributed by atoms with Gasteiger partial charge in [-0.3, -0.25) is 15.0 Å². The van der Waals surface area contributed by atoms with E-state index in [0.717, 1.165) is 26.7 Å². The van der Waals surface area contributed by atoms with Gasteiger partial charge in [0.05, 0.1) is 23.2 Å². The Bertz CT molecular complexity index is 1570. The fourth-order valence-electron chi connectivity index (χ4n) is 5.99. The third-order valence-electron chi connectivity index (χ3n) is 7.50. The average Bonchev–Trinajstić information content (AvgIpc) is 3.30. The predicted molar refractivity (Wildman–Crippen MR) is 144 cm³/mol. The van der Waals surface area contributed by atoms with Gasteiger partial charge in [-0.15, -0.1) is 10.2 Å². The van der Waals surface area contributed by atoms with Crippen LogP contribution >= 0.6 is 27.3 Å². The Morgan fingerprint density at radius 1 is 0.838 bits per heavy atom. The maximum absolute atomic E-state index is 14.1. The largest absolute Gasteiger partial charge is 0.273 e. The van der Waals surface area contributed by atoms with Crippen LogP contribution in [-0.4, -0.2) is 16.8 Å². The lowest BCUT2D eigenvalue weighted by Crippen LogP contribution is -2.64. The van der Waals surface area contributed by atoms with Gasteiger partial charge < -0.3 is 0 Å². The van der Waals surface area contributed by atoms with E-state index in [9.17, 15) is 9.59 Å². The molecule has 2 bridgehead atoms. The molecule has 37 heavy (non-hydrogen) atoms. The minimum atomic E-state index is -0.499. The molecule has 3 aliphatic carbocycles. The van der Waals surface area contributed by atoms with E-state index < -0.39 is 11.8 Å². The summed E-state index contributed by atoms with van der Waals surface area (Å²) >= 11 is 4.65. The number of anilines is 1. The average molecular weight is 570 g/mol. The molecule has 1 N–H and O–H groups in total. The zero-order valence-electron chi connectivity index (χ0n) is 19.6. The van der Waals surface area contributed by atoms with Crippen molar-refractivity contribution in [1.29, 1.82) is 0 Å². The number of rotatable bonds is 3. The molecule has 0 saturated carbocycles. The highest BCUT2D eigenvalue weighted by Gasteiger charge is 2.58. The van der Waals surface area contributed by atoms with Crippen LogP contribution in [0.4, 0.5) is 15.8 Å². The highest BCUT2D eigenvalue weighted by atomic mass is 79.9. The monoisotopic (exact) mass is 569 g/mol. The molecule has 1 aromatic heterocycles. The summed E-state index contributed by atoms with van der Waals surface area (Å²) in [5, 5.41) is 11.0. The number of carbonyl (C=O) groups excluding carboxylic acids is 2. The lowest BCUT2D eigenvalue weighted by molar-refractivity contribution is -0.142. The van der Waals surface area contributed by atoms with Crippen molar-refractivity contribution in [2.45, 2.75) is 18.8 Å². The summed E-state index contributed by atoms with van der Waals surface area (Å²) in [6.45, 7) is 1.82. The molecule has 2 atom stereocenters. The molecule has 2 amide bonds. The molecule has 7 nitrogen and oxygen atoms in total. The fourth-order valence-corrected chi connectivity index (χ4v) is 7.12. The SMILES string of the molecule is Cc1nc(N2NC(=O)C3C4c5ccccc5C(c5ccccc54)C3C2=O)sc1N=Nc1ccc(Br)cc1. The first kappa shape index (κ1) is 22.5. The van der Waals surface area contributed by atoms with E-state index in [2.05, 4.69) is 60.8 Å². The lowest BCUT2D eigenvalue weighted by atomic mass is 9.53. The van der Waals surface area contributed by atoms with Gasteiger partial charge in [-0.25, -0.2) is 4.98 Å². The molecule has 9 heteroatoms. The molecule has 3 aromatic carbocycles. The van der Waals surface area contributed by atoms with Crippen molar-refractivity contribution in [2.75, 3.05) is 5.01 Å². The molecule has 1 saturated heterocycles. The van der Waals surface area contributed by atoms with E-state index in [1.165, 1.54) is 16.3 Å². The van der Waals surface area contributed by atoms with E-state index >= 15 is 0 Å². The molecule has 2 unspecified atom stereocenters. The van der Waals surface area contributed by atoms with Crippen molar-refractivity contribution >= 4 is 54.9 Å². The maximum atomic E-state index is 14.1. The van der Waals surface area contributed by atoms with Gasteiger partial charge in [0.15, 0.2) is 5.00 Å². The molecule has 2 heterocycles. The Labute approximate surface area is 225 Å². The van der Waals surface area contributed by atoms with Crippen LogP contribution in [0.2, 0.25) is 0 Å². The van der Waals surface area contributed by atoms with Crippen LogP contribution < -0.4 is 10.4 Å². The third kappa shape index (κ3) is 3.41. The van der Waals surface area contributed by atoms with E-state index in [0.29, 0.717) is 21.5 Å². The molecule has 4 aliphatic rings. The van der Waals surface area contributed by atoms with Crippen molar-refractivity contribution in [3.8, 4) is 0 Å². The van der Waals surface area contributed by atoms with E-state index in [-0.39, 0.29) is 23.7 Å². The highest BCUT2D eigenvalue weighted by molar-refractivity contribution is 9.10. The number of aromatic nitrogens is 1. The van der Waals surface area contributed by atoms with Gasteiger partial charge in [0.1, 0.15) is 0 Å². The first-order chi connectivity index (χ1) is 18.0. The lowest BCUT2D eigenvalue weighted by Gasteiger charge is -2.52. The number of hydrogen-bond acceptors (Lipinski definition) is 6. The summed E-state index contributed by atoms with van der Waals surface area (Å²) in [7, 11) is 0. The predicted octanol–water partition coefficient (Wildman–Crippen LogP) is 6.53. The number of azo groups is 1. The summed E-state index contributed by atoms with van der Waals surface area (Å²) in [5.74, 6) is -1.59. The van der Waals surface area contributed by atoms with Gasteiger partial charge in [-0.2, -0.15) is 5.01 Å². The third-order valence-corrected chi connectivity index (χ3v) is 9.06. The molecule has 4 aromatic rings. The summed E-state index contributed by atoms with van der Waals surface area (Å²) in [6, 6.07) is 23.9. The topological polar surface area (TPSA) is 87.0 Å². The zero-order valence-corrected chi connectivity index (χ0v) is 22.0. The van der Waals surface area contributed by atoms with E-state index in [1.807, 2.05) is 55.5 Å². The quantitative estimate of drug-likeness (QED) is 0.284. The van der Waals surface area contributed by atoms with Crippen LogP contribution in [-0.2, 0) is 9.59 Å². The highest BCUT2D eigenvalue weighted by Crippen LogP contribution is 2.59. The summed E-state index contributed by atoms with van der Waals surface area (Å²) < 4.78 is 0.960. The van der Waals surface area contributed by atoms with Gasteiger partial charge in [-0.1, -0.05) is 75.8 Å². The first-order valence-electron chi connectivity index (χ1n) is 12.0.